The van der Waals surface area contributed by atoms with Crippen LogP contribution in [0.15, 0.2) is 0 Å². The smallest absolute Gasteiger partial charge is 0.316 e. The van der Waals surface area contributed by atoms with Crippen molar-refractivity contribution < 1.29 is 4.79 Å². The SMILES string of the molecule is C#C[C@H](NC(=O)N[C@@H]1CCCN(CC)C1)C(C)C. The van der Waals surface area contributed by atoms with Gasteiger partial charge in [0.15, 0.2) is 0 Å². The van der Waals surface area contributed by atoms with Gasteiger partial charge in [0.2, 0.25) is 0 Å². The Morgan fingerprint density at radius 2 is 2.28 bits per heavy atom. The summed E-state index contributed by atoms with van der Waals surface area (Å²) in [6.45, 7) is 9.27. The summed E-state index contributed by atoms with van der Waals surface area (Å²) < 4.78 is 0. The Hall–Kier alpha value is -1.21. The first kappa shape index (κ1) is 14.8. The molecule has 102 valence electrons. The number of nitrogens with one attached hydrogen (secondary N) is 2. The molecule has 0 aromatic carbocycles. The molecule has 0 aliphatic carbocycles. The lowest BCUT2D eigenvalue weighted by Gasteiger charge is -2.32. The molecule has 1 saturated heterocycles. The number of hydrogen-bond acceptors (Lipinski definition) is 2. The molecule has 4 nitrogen and oxygen atoms in total. The number of piperidine rings is 1. The highest BCUT2D eigenvalue weighted by Gasteiger charge is 2.21. The van der Waals surface area contributed by atoms with Crippen LogP contribution in [0.5, 0.6) is 0 Å². The lowest BCUT2D eigenvalue weighted by Crippen LogP contribution is -2.52. The number of carbonyl (C=O) groups is 1. The molecule has 4 heteroatoms. The summed E-state index contributed by atoms with van der Waals surface area (Å²) in [5, 5.41) is 5.86. The van der Waals surface area contributed by atoms with E-state index in [-0.39, 0.29) is 24.0 Å². The molecule has 1 aliphatic heterocycles. The minimum Gasteiger partial charge on any atom is -0.334 e. The number of nitrogens with zero attached hydrogens (tertiary/aromatic N) is 1. The van der Waals surface area contributed by atoms with Crippen molar-refractivity contribution >= 4 is 6.03 Å². The average molecular weight is 251 g/mol. The highest BCUT2D eigenvalue weighted by atomic mass is 16.2. The molecule has 0 saturated carbocycles. The van der Waals surface area contributed by atoms with Crippen molar-refractivity contribution in [2.75, 3.05) is 19.6 Å². The van der Waals surface area contributed by atoms with Crippen LogP contribution in [0.2, 0.25) is 0 Å². The molecule has 0 radical (unpaired) electrons. The second-order valence-electron chi connectivity index (χ2n) is 5.24. The van der Waals surface area contributed by atoms with E-state index in [4.69, 9.17) is 6.42 Å². The van der Waals surface area contributed by atoms with E-state index in [0.29, 0.717) is 0 Å². The van der Waals surface area contributed by atoms with Crippen molar-refractivity contribution in [2.24, 2.45) is 5.92 Å². The van der Waals surface area contributed by atoms with E-state index in [2.05, 4.69) is 28.4 Å². The first-order valence-electron chi connectivity index (χ1n) is 6.82. The van der Waals surface area contributed by atoms with Crippen LogP contribution < -0.4 is 10.6 Å². The molecule has 0 spiro atoms. The zero-order valence-electron chi connectivity index (χ0n) is 11.7. The Bertz CT molecular complexity index is 309. The fourth-order valence-corrected chi connectivity index (χ4v) is 2.23. The molecule has 2 amide bonds. The van der Waals surface area contributed by atoms with Crippen LogP contribution in [0.3, 0.4) is 0 Å². The number of likely N-dealkylation sites (N-methyl/N-ethyl adjacent to an activating group) is 1. The number of carbonyl (C=O) groups excluding carboxylic acids is 1. The molecule has 1 aliphatic rings. The summed E-state index contributed by atoms with van der Waals surface area (Å²) in [7, 11) is 0. The predicted octanol–water partition coefficient (Wildman–Crippen LogP) is 1.43. The predicted molar refractivity (Wildman–Crippen MR) is 74.3 cm³/mol. The summed E-state index contributed by atoms with van der Waals surface area (Å²) in [6, 6.07) is -0.102. The van der Waals surface area contributed by atoms with Crippen molar-refractivity contribution in [2.45, 2.75) is 45.7 Å². The van der Waals surface area contributed by atoms with Gasteiger partial charge in [-0.15, -0.1) is 6.42 Å². The molecule has 2 atom stereocenters. The quantitative estimate of drug-likeness (QED) is 0.742. The van der Waals surface area contributed by atoms with E-state index in [9.17, 15) is 4.79 Å². The molecule has 0 bridgehead atoms. The number of hydrogen-bond donors (Lipinski definition) is 2. The Morgan fingerprint density at radius 3 is 2.83 bits per heavy atom. The molecule has 2 N–H and O–H groups in total. The van der Waals surface area contributed by atoms with E-state index >= 15 is 0 Å². The third-order valence-electron chi connectivity index (χ3n) is 3.42. The van der Waals surface area contributed by atoms with Crippen molar-refractivity contribution in [1.82, 2.24) is 15.5 Å². The monoisotopic (exact) mass is 251 g/mol. The highest BCUT2D eigenvalue weighted by Crippen LogP contribution is 2.09. The van der Waals surface area contributed by atoms with Crippen molar-refractivity contribution in [3.8, 4) is 12.3 Å². The summed E-state index contributed by atoms with van der Waals surface area (Å²) in [5.74, 6) is 2.86. The van der Waals surface area contributed by atoms with Gasteiger partial charge < -0.3 is 15.5 Å². The highest BCUT2D eigenvalue weighted by molar-refractivity contribution is 5.75. The summed E-state index contributed by atoms with van der Waals surface area (Å²) >= 11 is 0. The van der Waals surface area contributed by atoms with E-state index in [1.54, 1.807) is 0 Å². The van der Waals surface area contributed by atoms with Crippen LogP contribution in [0, 0.1) is 18.3 Å². The van der Waals surface area contributed by atoms with Crippen LogP contribution in [0.25, 0.3) is 0 Å². The van der Waals surface area contributed by atoms with Gasteiger partial charge >= 0.3 is 6.03 Å². The molecular weight excluding hydrogens is 226 g/mol. The lowest BCUT2D eigenvalue weighted by atomic mass is 10.1. The Balaban J connectivity index is 2.38. The van der Waals surface area contributed by atoms with Gasteiger partial charge in [0.25, 0.3) is 0 Å². The third-order valence-corrected chi connectivity index (χ3v) is 3.42. The molecule has 18 heavy (non-hydrogen) atoms. The van der Waals surface area contributed by atoms with Crippen LogP contribution in [-0.4, -0.2) is 42.6 Å². The van der Waals surface area contributed by atoms with Crippen molar-refractivity contribution in [1.29, 1.82) is 0 Å². The fraction of sp³-hybridized carbons (Fsp3) is 0.786. The minimum atomic E-state index is -0.198. The Labute approximate surface area is 110 Å². The van der Waals surface area contributed by atoms with Gasteiger partial charge in [-0.3, -0.25) is 0 Å². The molecule has 1 rings (SSSR count). The van der Waals surface area contributed by atoms with Crippen LogP contribution >= 0.6 is 0 Å². The number of amides is 2. The standard InChI is InChI=1S/C14H25N3O/c1-5-13(11(3)4)16-14(18)15-12-8-7-9-17(6-2)10-12/h1,11-13H,6-10H2,2-4H3,(H2,15,16,18)/t12-,13+/m1/s1. The van der Waals surface area contributed by atoms with Crippen LogP contribution in [0.1, 0.15) is 33.6 Å². The van der Waals surface area contributed by atoms with Gasteiger partial charge in [0.1, 0.15) is 0 Å². The molecular formula is C14H25N3O. The number of rotatable bonds is 4. The van der Waals surface area contributed by atoms with E-state index < -0.39 is 0 Å². The fourth-order valence-electron chi connectivity index (χ4n) is 2.23. The van der Waals surface area contributed by atoms with Crippen molar-refractivity contribution in [3.63, 3.8) is 0 Å². The second kappa shape index (κ2) is 7.27. The zero-order chi connectivity index (χ0) is 13.5. The van der Waals surface area contributed by atoms with Gasteiger partial charge in [0, 0.05) is 12.6 Å². The summed E-state index contributed by atoms with van der Waals surface area (Å²) in [5.41, 5.74) is 0. The van der Waals surface area contributed by atoms with Gasteiger partial charge in [0.05, 0.1) is 6.04 Å². The van der Waals surface area contributed by atoms with E-state index in [0.717, 1.165) is 32.5 Å². The zero-order valence-corrected chi connectivity index (χ0v) is 11.7. The molecule has 1 fully saturated rings. The first-order chi connectivity index (χ1) is 8.56. The average Bonchev–Trinajstić information content (AvgIpc) is 2.35. The third kappa shape index (κ3) is 4.58. The lowest BCUT2D eigenvalue weighted by molar-refractivity contribution is 0.191. The molecule has 0 aromatic heterocycles. The largest absolute Gasteiger partial charge is 0.334 e. The molecule has 0 aromatic rings. The van der Waals surface area contributed by atoms with Crippen LogP contribution in [-0.2, 0) is 0 Å². The summed E-state index contributed by atoms with van der Waals surface area (Å²) in [4.78, 5) is 14.2. The van der Waals surface area contributed by atoms with Gasteiger partial charge in [-0.2, -0.15) is 0 Å². The maximum Gasteiger partial charge on any atom is 0.316 e. The Kier molecular flexibility index (Phi) is 6.00. The minimum absolute atomic E-state index is 0.144. The van der Waals surface area contributed by atoms with Crippen LogP contribution in [0.4, 0.5) is 4.79 Å². The van der Waals surface area contributed by atoms with E-state index in [1.807, 2.05) is 13.8 Å². The first-order valence-corrected chi connectivity index (χ1v) is 6.82. The Morgan fingerprint density at radius 1 is 1.56 bits per heavy atom. The van der Waals surface area contributed by atoms with E-state index in [1.165, 1.54) is 0 Å². The maximum absolute atomic E-state index is 11.8. The topological polar surface area (TPSA) is 44.4 Å². The second-order valence-corrected chi connectivity index (χ2v) is 5.24. The molecule has 1 heterocycles. The van der Waals surface area contributed by atoms with Gasteiger partial charge in [-0.05, 0) is 31.8 Å². The number of terminal acetylenes is 1. The number of likely N-dealkylation sites (tertiary alicyclic amines) is 1. The van der Waals surface area contributed by atoms with Gasteiger partial charge in [-0.1, -0.05) is 26.7 Å². The van der Waals surface area contributed by atoms with Gasteiger partial charge in [-0.25, -0.2) is 4.79 Å². The summed E-state index contributed by atoms with van der Waals surface area (Å²) in [6.07, 6.45) is 7.59. The maximum atomic E-state index is 11.8. The van der Waals surface area contributed by atoms with Crippen molar-refractivity contribution in [3.05, 3.63) is 0 Å². The number of urea groups is 1. The molecule has 0 unspecified atom stereocenters. The normalized spacial score (nSPS) is 22.3.